The lowest BCUT2D eigenvalue weighted by Crippen LogP contribution is -2.66. The monoisotopic (exact) mass is 822 g/mol. The summed E-state index contributed by atoms with van der Waals surface area (Å²) in [5, 5.41) is 47.8. The van der Waals surface area contributed by atoms with Gasteiger partial charge in [-0.25, -0.2) is 4.90 Å². The number of nitrogens with zero attached hydrogens (tertiary/aromatic N) is 2. The quantitative estimate of drug-likeness (QED) is 0.0258. The first-order chi connectivity index (χ1) is 28.9. The van der Waals surface area contributed by atoms with Crippen LogP contribution in [0.5, 0.6) is 5.75 Å². The Labute approximate surface area is 351 Å². The minimum atomic E-state index is -3.14. The molecule has 0 bridgehead atoms. The molecule has 0 saturated carbocycles. The summed E-state index contributed by atoms with van der Waals surface area (Å²) in [7, 11) is -3.14. The van der Waals surface area contributed by atoms with E-state index in [2.05, 4.69) is 45.0 Å². The van der Waals surface area contributed by atoms with E-state index in [4.69, 9.17) is 4.43 Å². The molecule has 3 N–H and O–H groups in total. The number of phenols is 1. The molecule has 1 fully saturated rings. The van der Waals surface area contributed by atoms with Crippen molar-refractivity contribution >= 4 is 53.5 Å². The number of benzene rings is 5. The third-order valence-corrected chi connectivity index (χ3v) is 17.0. The Morgan fingerprint density at radius 2 is 1.47 bits per heavy atom. The molecular formula is C49H50N2O8Si. The zero-order valence-electron chi connectivity index (χ0n) is 34.0. The molecule has 1 aliphatic heterocycles. The fourth-order valence-corrected chi connectivity index (χ4v) is 13.8. The molecule has 11 heteroatoms. The van der Waals surface area contributed by atoms with Crippen molar-refractivity contribution in [2.75, 3.05) is 18.1 Å². The summed E-state index contributed by atoms with van der Waals surface area (Å²) in [6.07, 6.45) is 1.38. The Kier molecular flexibility index (Phi) is 12.4. The van der Waals surface area contributed by atoms with Crippen LogP contribution >= 0.6 is 0 Å². The second-order valence-electron chi connectivity index (χ2n) is 16.6. The summed E-state index contributed by atoms with van der Waals surface area (Å²) in [6, 6.07) is 42.4. The Hall–Kier alpha value is -5.98. The Balaban J connectivity index is 1.32. The number of nitro benzene ring substituents is 1. The molecule has 2 aliphatic rings. The number of anilines is 1. The summed E-state index contributed by atoms with van der Waals surface area (Å²) in [5.41, 5.74) is 3.32. The molecule has 4 atom stereocenters. The predicted molar refractivity (Wildman–Crippen MR) is 236 cm³/mol. The lowest BCUT2D eigenvalue weighted by molar-refractivity contribution is -0.384. The Bertz CT molecular complexity index is 2370. The third kappa shape index (κ3) is 8.13. The smallest absolute Gasteiger partial charge is 0.271 e. The zero-order valence-corrected chi connectivity index (χ0v) is 35.0. The highest BCUT2D eigenvalue weighted by Gasteiger charge is 2.56. The van der Waals surface area contributed by atoms with Crippen molar-refractivity contribution in [2.45, 2.75) is 51.2 Å². The first kappa shape index (κ1) is 42.2. The van der Waals surface area contributed by atoms with E-state index in [1.165, 1.54) is 24.3 Å². The molecular weight excluding hydrogens is 773 g/mol. The van der Waals surface area contributed by atoms with Crippen LogP contribution in [-0.4, -0.2) is 59.7 Å². The van der Waals surface area contributed by atoms with Crippen LogP contribution in [0.2, 0.25) is 5.04 Å². The van der Waals surface area contributed by atoms with Crippen molar-refractivity contribution in [3.63, 3.8) is 0 Å². The Morgan fingerprint density at radius 1 is 0.867 bits per heavy atom. The van der Waals surface area contributed by atoms with Crippen molar-refractivity contribution in [1.82, 2.24) is 0 Å². The van der Waals surface area contributed by atoms with Crippen molar-refractivity contribution in [3.8, 4) is 5.75 Å². The first-order valence-electron chi connectivity index (χ1n) is 20.3. The van der Waals surface area contributed by atoms with Crippen LogP contribution in [0.25, 0.3) is 11.6 Å². The molecule has 1 saturated heterocycles. The molecule has 0 radical (unpaired) electrons. The molecule has 1 aliphatic carbocycles. The highest BCUT2D eigenvalue weighted by atomic mass is 28.4. The predicted octanol–water partition coefficient (Wildman–Crippen LogP) is 7.67. The molecule has 308 valence electrons. The average Bonchev–Trinajstić information content (AvgIpc) is 3.51. The van der Waals surface area contributed by atoms with Gasteiger partial charge >= 0.3 is 0 Å². The molecule has 5 aromatic rings. The number of carbonyl (C=O) groups excluding carboxylic acids is 2. The van der Waals surface area contributed by atoms with E-state index < -0.39 is 55.5 Å². The van der Waals surface area contributed by atoms with E-state index in [-0.39, 0.29) is 41.6 Å². The second-order valence-corrected chi connectivity index (χ2v) is 20.9. The van der Waals surface area contributed by atoms with E-state index >= 15 is 0 Å². The van der Waals surface area contributed by atoms with Crippen LogP contribution in [0.4, 0.5) is 11.4 Å². The lowest BCUT2D eigenvalue weighted by Gasteiger charge is -2.44. The number of aliphatic hydroxyl groups is 2. The molecule has 7 rings (SSSR count). The maximum Gasteiger partial charge on any atom is 0.271 e. The number of fused-ring (bicyclic) bond motifs is 1. The number of amides is 2. The summed E-state index contributed by atoms with van der Waals surface area (Å²) in [4.78, 5) is 41.0. The summed E-state index contributed by atoms with van der Waals surface area (Å²) >= 11 is 0. The number of imide groups is 1. The average molecular weight is 823 g/mol. The maximum atomic E-state index is 14.4. The topological polar surface area (TPSA) is 150 Å². The van der Waals surface area contributed by atoms with Gasteiger partial charge in [0, 0.05) is 23.6 Å². The van der Waals surface area contributed by atoms with Crippen molar-refractivity contribution in [2.24, 2.45) is 17.8 Å². The van der Waals surface area contributed by atoms with Crippen molar-refractivity contribution < 1.29 is 34.3 Å². The molecule has 5 aromatic carbocycles. The molecule has 0 unspecified atom stereocenters. The highest BCUT2D eigenvalue weighted by molar-refractivity contribution is 6.99. The minimum absolute atomic E-state index is 0.0247. The molecule has 2 amide bonds. The van der Waals surface area contributed by atoms with Crippen molar-refractivity contribution in [1.29, 1.82) is 0 Å². The van der Waals surface area contributed by atoms with Crippen LogP contribution < -0.4 is 15.3 Å². The molecule has 0 aromatic heterocycles. The number of allylic oxidation sites excluding steroid dienone is 1. The number of para-hydroxylation sites is 1. The van der Waals surface area contributed by atoms with E-state index in [1.807, 2.05) is 84.9 Å². The van der Waals surface area contributed by atoms with Gasteiger partial charge in [-0.15, -0.1) is 0 Å². The van der Waals surface area contributed by atoms with E-state index in [1.54, 1.807) is 12.1 Å². The number of hydrogen-bond donors (Lipinski definition) is 3. The largest absolute Gasteiger partial charge is 0.507 e. The fraction of sp³-hybridized carbons (Fsp3) is 0.265. The number of carbonyl (C=O) groups is 2. The number of aliphatic hydroxyl groups excluding tert-OH is 2. The number of phenolic OH excluding ortho intramolecular Hbond substituents is 1. The first-order valence-corrected chi connectivity index (χ1v) is 22.2. The number of hydrogen-bond acceptors (Lipinski definition) is 8. The van der Waals surface area contributed by atoms with Gasteiger partial charge in [-0.1, -0.05) is 136 Å². The van der Waals surface area contributed by atoms with Gasteiger partial charge in [0.2, 0.25) is 11.8 Å². The number of aromatic hydroxyl groups is 1. The van der Waals surface area contributed by atoms with E-state index in [9.17, 15) is 35.0 Å². The van der Waals surface area contributed by atoms with Crippen LogP contribution in [0.1, 0.15) is 51.2 Å². The van der Waals surface area contributed by atoms with Gasteiger partial charge < -0.3 is 19.7 Å². The Morgan fingerprint density at radius 3 is 2.05 bits per heavy atom. The van der Waals surface area contributed by atoms with Crippen LogP contribution in [-0.2, 0) is 14.0 Å². The van der Waals surface area contributed by atoms with Crippen molar-refractivity contribution in [3.05, 3.63) is 172 Å². The normalized spacial score (nSPS) is 19.1. The van der Waals surface area contributed by atoms with Gasteiger partial charge in [-0.05, 0) is 75.2 Å². The van der Waals surface area contributed by atoms with Crippen LogP contribution in [0.15, 0.2) is 151 Å². The van der Waals surface area contributed by atoms with Gasteiger partial charge in [-0.3, -0.25) is 19.7 Å². The van der Waals surface area contributed by atoms with Gasteiger partial charge in [0.1, 0.15) is 5.75 Å². The highest BCUT2D eigenvalue weighted by Crippen LogP contribution is 2.48. The van der Waals surface area contributed by atoms with E-state index in [0.29, 0.717) is 23.1 Å². The maximum absolute atomic E-state index is 14.4. The fourth-order valence-electron chi connectivity index (χ4n) is 9.25. The molecule has 1 heterocycles. The summed E-state index contributed by atoms with van der Waals surface area (Å²) < 4.78 is 7.39. The number of nitro groups is 1. The standard InChI is InChI=1S/C49H50N2O8Si/c1-49(2,3)60(39-21-9-5-10-22-39,40-23-11-6-12-24-40)59-32-36-29-41-46(48(56)50(47(41)55)37-19-15-20-38(30-37)51(57)58)42(31-52)45(36)44(54)27-26-34(33-16-7-4-8-17-33)28-35-18-13-14-25-43(35)53/h4-25,28,30,41-42,44,46,52-54H,26-27,29,31-32H2,1-3H3/b34-28-/t41-,42+,44-,46-/m1/s1. The van der Waals surface area contributed by atoms with Gasteiger partial charge in [0.15, 0.2) is 0 Å². The van der Waals surface area contributed by atoms with Gasteiger partial charge in [-0.2, -0.15) is 0 Å². The SMILES string of the molecule is CC(C)(C)[Si](OCC1=C([C@H](O)CC/C(=C/c2ccccc2O)c2ccccc2)[C@H](CO)[C@@H]2C(=O)N(c3cccc([N+](=O)[O-])c3)C(=O)[C@@H]2C1)(c1ccccc1)c1ccccc1. The molecule has 10 nitrogen and oxygen atoms in total. The number of rotatable bonds is 14. The second kappa shape index (κ2) is 17.7. The third-order valence-electron chi connectivity index (χ3n) is 12.0. The number of non-ortho nitro benzene ring substituents is 1. The van der Waals surface area contributed by atoms with Gasteiger partial charge in [0.05, 0.1) is 41.8 Å². The zero-order chi connectivity index (χ0) is 42.6. The van der Waals surface area contributed by atoms with E-state index in [0.717, 1.165) is 26.4 Å². The van der Waals surface area contributed by atoms with Crippen LogP contribution in [0, 0.1) is 27.9 Å². The van der Waals surface area contributed by atoms with Crippen LogP contribution in [0.3, 0.4) is 0 Å². The summed E-state index contributed by atoms with van der Waals surface area (Å²) in [6.45, 7) is 5.98. The lowest BCUT2D eigenvalue weighted by atomic mass is 9.68. The van der Waals surface area contributed by atoms with Gasteiger partial charge in [0.25, 0.3) is 14.0 Å². The molecule has 0 spiro atoms. The summed E-state index contributed by atoms with van der Waals surface area (Å²) in [5.74, 6) is -3.84. The molecule has 60 heavy (non-hydrogen) atoms. The minimum Gasteiger partial charge on any atom is -0.507 e.